The minimum atomic E-state index is -0.382. The third kappa shape index (κ3) is 3.12. The lowest BCUT2D eigenvalue weighted by molar-refractivity contribution is 0.102. The topological polar surface area (TPSA) is 46.9 Å². The molecule has 1 N–H and O–H groups in total. The number of aryl methyl sites for hydroxylation is 3. The molecule has 5 heteroatoms. The molecular weight excluding hydrogens is 329 g/mol. The first-order valence-electron chi connectivity index (χ1n) is 8.85. The summed E-state index contributed by atoms with van der Waals surface area (Å²) in [5, 5.41) is 2.90. The number of nitrogens with zero attached hydrogens (tertiary/aromatic N) is 2. The van der Waals surface area contributed by atoms with Gasteiger partial charge in [0.1, 0.15) is 11.6 Å². The molecule has 4 nitrogen and oxygen atoms in total. The monoisotopic (exact) mass is 349 g/mol. The number of imidazole rings is 1. The Balaban J connectivity index is 1.64. The van der Waals surface area contributed by atoms with Crippen molar-refractivity contribution in [2.24, 2.45) is 0 Å². The van der Waals surface area contributed by atoms with Crippen LogP contribution in [0.1, 0.15) is 34.6 Å². The van der Waals surface area contributed by atoms with Gasteiger partial charge >= 0.3 is 0 Å². The number of para-hydroxylation sites is 1. The van der Waals surface area contributed by atoms with E-state index in [0.717, 1.165) is 36.5 Å². The van der Waals surface area contributed by atoms with E-state index in [4.69, 9.17) is 4.98 Å². The van der Waals surface area contributed by atoms with Crippen molar-refractivity contribution in [1.29, 1.82) is 0 Å². The zero-order valence-corrected chi connectivity index (χ0v) is 14.6. The zero-order valence-electron chi connectivity index (χ0n) is 14.6. The van der Waals surface area contributed by atoms with Crippen molar-refractivity contribution in [3.8, 4) is 11.3 Å². The number of carbonyl (C=O) groups excluding carboxylic acids is 1. The SMILES string of the molecule is Cc1ccc(C(=O)Nc2ccccc2-c2cn3c(n2)CCCC3)cc1F. The summed E-state index contributed by atoms with van der Waals surface area (Å²) in [5.74, 6) is 0.376. The Morgan fingerprint density at radius 2 is 2.04 bits per heavy atom. The number of hydrogen-bond donors (Lipinski definition) is 1. The Kier molecular flexibility index (Phi) is 4.29. The van der Waals surface area contributed by atoms with Crippen molar-refractivity contribution < 1.29 is 9.18 Å². The molecule has 0 saturated heterocycles. The second kappa shape index (κ2) is 6.75. The largest absolute Gasteiger partial charge is 0.334 e. The summed E-state index contributed by atoms with van der Waals surface area (Å²) in [6.07, 6.45) is 5.36. The van der Waals surface area contributed by atoms with E-state index in [1.165, 1.54) is 12.5 Å². The van der Waals surface area contributed by atoms with E-state index in [1.807, 2.05) is 30.5 Å². The van der Waals surface area contributed by atoms with Crippen molar-refractivity contribution in [3.05, 3.63) is 71.4 Å². The summed E-state index contributed by atoms with van der Waals surface area (Å²) >= 11 is 0. The number of nitrogens with one attached hydrogen (secondary N) is 1. The van der Waals surface area contributed by atoms with Gasteiger partial charge in [-0.05, 0) is 43.5 Å². The van der Waals surface area contributed by atoms with Crippen LogP contribution in [0.25, 0.3) is 11.3 Å². The van der Waals surface area contributed by atoms with Gasteiger partial charge in [-0.3, -0.25) is 4.79 Å². The second-order valence-corrected chi connectivity index (χ2v) is 6.66. The fourth-order valence-electron chi connectivity index (χ4n) is 3.29. The molecule has 0 radical (unpaired) electrons. The lowest BCUT2D eigenvalue weighted by Gasteiger charge is -2.11. The number of benzene rings is 2. The van der Waals surface area contributed by atoms with Crippen LogP contribution in [0.15, 0.2) is 48.7 Å². The van der Waals surface area contributed by atoms with Gasteiger partial charge in [0.2, 0.25) is 0 Å². The van der Waals surface area contributed by atoms with E-state index in [1.54, 1.807) is 19.1 Å². The Labute approximate surface area is 151 Å². The smallest absolute Gasteiger partial charge is 0.255 e. The number of halogens is 1. The molecule has 132 valence electrons. The van der Waals surface area contributed by atoms with Crippen LogP contribution >= 0.6 is 0 Å². The van der Waals surface area contributed by atoms with Crippen molar-refractivity contribution in [3.63, 3.8) is 0 Å². The average molecular weight is 349 g/mol. The molecule has 3 aromatic rings. The number of aromatic nitrogens is 2. The average Bonchev–Trinajstić information content (AvgIpc) is 3.08. The summed E-state index contributed by atoms with van der Waals surface area (Å²) < 4.78 is 15.9. The van der Waals surface area contributed by atoms with E-state index < -0.39 is 0 Å². The number of anilines is 1. The molecule has 1 aliphatic heterocycles. The first-order valence-corrected chi connectivity index (χ1v) is 8.85. The Bertz CT molecular complexity index is 954. The van der Waals surface area contributed by atoms with E-state index in [0.29, 0.717) is 16.8 Å². The van der Waals surface area contributed by atoms with Gasteiger partial charge in [-0.2, -0.15) is 0 Å². The number of fused-ring (bicyclic) bond motifs is 1. The molecule has 0 fully saturated rings. The summed E-state index contributed by atoms with van der Waals surface area (Å²) in [6, 6.07) is 12.1. The van der Waals surface area contributed by atoms with Gasteiger partial charge in [0.05, 0.1) is 11.4 Å². The van der Waals surface area contributed by atoms with Gasteiger partial charge < -0.3 is 9.88 Å². The first kappa shape index (κ1) is 16.5. The van der Waals surface area contributed by atoms with Gasteiger partial charge in [-0.25, -0.2) is 9.37 Å². The number of amides is 1. The number of hydrogen-bond acceptors (Lipinski definition) is 2. The van der Waals surface area contributed by atoms with Crippen LogP contribution in [0.5, 0.6) is 0 Å². The molecule has 0 spiro atoms. The first-order chi connectivity index (χ1) is 12.6. The Morgan fingerprint density at radius 1 is 1.19 bits per heavy atom. The van der Waals surface area contributed by atoms with Crippen LogP contribution < -0.4 is 5.32 Å². The van der Waals surface area contributed by atoms with Crippen molar-refractivity contribution in [1.82, 2.24) is 9.55 Å². The molecule has 2 heterocycles. The van der Waals surface area contributed by atoms with Crippen LogP contribution in [-0.4, -0.2) is 15.5 Å². The molecule has 1 aliphatic rings. The highest BCUT2D eigenvalue weighted by Crippen LogP contribution is 2.29. The summed E-state index contributed by atoms with van der Waals surface area (Å²) in [7, 11) is 0. The number of carbonyl (C=O) groups is 1. The fraction of sp³-hybridized carbons (Fsp3) is 0.238. The lowest BCUT2D eigenvalue weighted by atomic mass is 10.1. The van der Waals surface area contributed by atoms with Crippen LogP contribution in [0.2, 0.25) is 0 Å². The van der Waals surface area contributed by atoms with Gasteiger partial charge in [0.15, 0.2) is 0 Å². The van der Waals surface area contributed by atoms with E-state index >= 15 is 0 Å². The Hall–Kier alpha value is -2.95. The number of rotatable bonds is 3. The van der Waals surface area contributed by atoms with Crippen molar-refractivity contribution in [2.45, 2.75) is 32.7 Å². The lowest BCUT2D eigenvalue weighted by Crippen LogP contribution is -2.13. The van der Waals surface area contributed by atoms with E-state index in [-0.39, 0.29) is 11.7 Å². The highest BCUT2D eigenvalue weighted by molar-refractivity contribution is 6.06. The summed E-state index contributed by atoms with van der Waals surface area (Å²) in [4.78, 5) is 17.3. The van der Waals surface area contributed by atoms with Gasteiger partial charge in [-0.1, -0.05) is 24.3 Å². The van der Waals surface area contributed by atoms with Crippen molar-refractivity contribution in [2.75, 3.05) is 5.32 Å². The highest BCUT2D eigenvalue weighted by Gasteiger charge is 2.16. The highest BCUT2D eigenvalue weighted by atomic mass is 19.1. The third-order valence-electron chi connectivity index (χ3n) is 4.79. The van der Waals surface area contributed by atoms with Gasteiger partial charge in [-0.15, -0.1) is 0 Å². The van der Waals surface area contributed by atoms with E-state index in [9.17, 15) is 9.18 Å². The molecular formula is C21H20FN3O. The minimum absolute atomic E-state index is 0.298. The third-order valence-corrected chi connectivity index (χ3v) is 4.79. The van der Waals surface area contributed by atoms with Crippen LogP contribution in [0, 0.1) is 12.7 Å². The molecule has 1 aromatic heterocycles. The van der Waals surface area contributed by atoms with Crippen LogP contribution in [0.4, 0.5) is 10.1 Å². The molecule has 0 saturated carbocycles. The quantitative estimate of drug-likeness (QED) is 0.752. The molecule has 1 amide bonds. The maximum absolute atomic E-state index is 13.8. The van der Waals surface area contributed by atoms with Crippen LogP contribution in [-0.2, 0) is 13.0 Å². The predicted octanol–water partition coefficient (Wildman–Crippen LogP) is 4.59. The second-order valence-electron chi connectivity index (χ2n) is 6.66. The zero-order chi connectivity index (χ0) is 18.1. The molecule has 26 heavy (non-hydrogen) atoms. The molecule has 2 aromatic carbocycles. The minimum Gasteiger partial charge on any atom is -0.334 e. The summed E-state index contributed by atoms with van der Waals surface area (Å²) in [6.45, 7) is 2.66. The maximum atomic E-state index is 13.8. The van der Waals surface area contributed by atoms with E-state index in [2.05, 4.69) is 9.88 Å². The molecule has 0 bridgehead atoms. The molecule has 0 aliphatic carbocycles. The standard InChI is InChI=1S/C21H20FN3O/c1-14-9-10-15(12-17(14)22)21(26)24-18-7-3-2-6-16(18)19-13-25-11-5-4-8-20(25)23-19/h2-3,6-7,9-10,12-13H,4-5,8,11H2,1H3,(H,24,26). The van der Waals surface area contributed by atoms with Gasteiger partial charge in [0, 0.05) is 30.3 Å². The Morgan fingerprint density at radius 3 is 2.85 bits per heavy atom. The molecule has 0 atom stereocenters. The molecule has 4 rings (SSSR count). The van der Waals surface area contributed by atoms with Crippen molar-refractivity contribution >= 4 is 11.6 Å². The van der Waals surface area contributed by atoms with Gasteiger partial charge in [0.25, 0.3) is 5.91 Å². The summed E-state index contributed by atoms with van der Waals surface area (Å²) in [5.41, 5.74) is 3.22. The normalized spacial score (nSPS) is 13.3. The van der Waals surface area contributed by atoms with Crippen LogP contribution in [0.3, 0.4) is 0 Å². The maximum Gasteiger partial charge on any atom is 0.255 e. The molecule has 0 unspecified atom stereocenters. The fourth-order valence-corrected chi connectivity index (χ4v) is 3.29. The predicted molar refractivity (Wildman–Crippen MR) is 99.7 cm³/mol.